The van der Waals surface area contributed by atoms with Crippen molar-refractivity contribution in [1.29, 1.82) is 0 Å². The Kier molecular flexibility index (Phi) is 6.12. The van der Waals surface area contributed by atoms with Gasteiger partial charge in [0.25, 0.3) is 0 Å². The molecule has 32 heavy (non-hydrogen) atoms. The molecule has 0 aromatic carbocycles. The third kappa shape index (κ3) is 4.31. The van der Waals surface area contributed by atoms with Crippen LogP contribution in [0.3, 0.4) is 0 Å². The molecule has 1 N–H and O–H groups in total. The second-order valence-electron chi connectivity index (χ2n) is 8.20. The van der Waals surface area contributed by atoms with Crippen molar-refractivity contribution in [2.24, 2.45) is 10.9 Å². The number of carbonyl (C=O) groups is 1. The van der Waals surface area contributed by atoms with Crippen LogP contribution < -0.4 is 20.0 Å². The molecule has 1 aromatic heterocycles. The number of hydrogen-bond acceptors (Lipinski definition) is 5. The SMILES string of the molecule is C=C/C=C(\N=C/C)NC(=O)N1c2nc(N3CCC(C(F)(F)F)C3)ccc2N2CCC[C@H]1C2. The third-order valence-corrected chi connectivity index (χ3v) is 6.14. The number of alkyl halides is 3. The molecule has 2 saturated heterocycles. The van der Waals surface area contributed by atoms with Crippen LogP contribution in [0.25, 0.3) is 0 Å². The van der Waals surface area contributed by atoms with Gasteiger partial charge in [-0.05, 0) is 44.4 Å². The van der Waals surface area contributed by atoms with Gasteiger partial charge in [0.2, 0.25) is 0 Å². The number of aromatic nitrogens is 1. The number of nitrogens with zero attached hydrogens (tertiary/aromatic N) is 5. The molecule has 2 atom stereocenters. The zero-order valence-corrected chi connectivity index (χ0v) is 18.0. The zero-order valence-electron chi connectivity index (χ0n) is 18.0. The summed E-state index contributed by atoms with van der Waals surface area (Å²) in [6, 6.07) is 3.19. The normalized spacial score (nSPS) is 23.5. The molecule has 1 unspecified atom stereocenters. The lowest BCUT2D eigenvalue weighted by atomic mass is 10.00. The van der Waals surface area contributed by atoms with Crippen molar-refractivity contribution in [1.82, 2.24) is 10.3 Å². The molecule has 0 spiro atoms. The van der Waals surface area contributed by atoms with Crippen LogP contribution in [-0.4, -0.2) is 55.6 Å². The van der Waals surface area contributed by atoms with E-state index in [0.29, 0.717) is 24.0 Å². The van der Waals surface area contributed by atoms with Crippen molar-refractivity contribution >= 4 is 29.6 Å². The lowest BCUT2D eigenvalue weighted by molar-refractivity contribution is -0.168. The molecule has 2 amide bonds. The van der Waals surface area contributed by atoms with Crippen LogP contribution in [0.5, 0.6) is 0 Å². The maximum atomic E-state index is 13.3. The summed E-state index contributed by atoms with van der Waals surface area (Å²) >= 11 is 0. The maximum Gasteiger partial charge on any atom is 0.393 e. The lowest BCUT2D eigenvalue weighted by Crippen LogP contribution is -2.57. The molecule has 172 valence electrons. The van der Waals surface area contributed by atoms with Gasteiger partial charge in [-0.15, -0.1) is 0 Å². The van der Waals surface area contributed by atoms with Gasteiger partial charge >= 0.3 is 12.2 Å². The van der Waals surface area contributed by atoms with Crippen LogP contribution in [-0.2, 0) is 0 Å². The molecule has 1 aromatic rings. The second-order valence-corrected chi connectivity index (χ2v) is 8.20. The number of urea groups is 1. The van der Waals surface area contributed by atoms with Crippen molar-refractivity contribution < 1.29 is 18.0 Å². The van der Waals surface area contributed by atoms with E-state index in [9.17, 15) is 18.0 Å². The summed E-state index contributed by atoms with van der Waals surface area (Å²) in [7, 11) is 0. The predicted octanol–water partition coefficient (Wildman–Crippen LogP) is 4.09. The molecular weight excluding hydrogens is 421 g/mol. The van der Waals surface area contributed by atoms with Crippen molar-refractivity contribution in [3.05, 3.63) is 36.7 Å². The van der Waals surface area contributed by atoms with Gasteiger partial charge in [-0.3, -0.25) is 10.2 Å². The number of piperidine rings is 1. The molecule has 2 bridgehead atoms. The molecule has 0 radical (unpaired) electrons. The van der Waals surface area contributed by atoms with E-state index in [1.807, 2.05) is 6.07 Å². The van der Waals surface area contributed by atoms with Crippen LogP contribution in [0.4, 0.5) is 35.3 Å². The topological polar surface area (TPSA) is 64.1 Å². The molecule has 10 heteroatoms. The van der Waals surface area contributed by atoms with E-state index in [-0.39, 0.29) is 31.6 Å². The number of anilines is 3. The van der Waals surface area contributed by atoms with Crippen molar-refractivity contribution in [3.63, 3.8) is 0 Å². The highest BCUT2D eigenvalue weighted by atomic mass is 19.4. The predicted molar refractivity (Wildman–Crippen MR) is 119 cm³/mol. The Labute approximate surface area is 185 Å². The zero-order chi connectivity index (χ0) is 22.9. The molecular formula is C22H27F3N6O. The van der Waals surface area contributed by atoms with Gasteiger partial charge in [0.15, 0.2) is 5.82 Å². The second kappa shape index (κ2) is 8.84. The smallest absolute Gasteiger partial charge is 0.366 e. The summed E-state index contributed by atoms with van der Waals surface area (Å²) in [6.45, 7) is 7.12. The molecule has 4 heterocycles. The van der Waals surface area contributed by atoms with Gasteiger partial charge in [0.05, 0.1) is 17.6 Å². The summed E-state index contributed by atoms with van der Waals surface area (Å²) in [5.41, 5.74) is 0.819. The van der Waals surface area contributed by atoms with Gasteiger partial charge in [-0.25, -0.2) is 14.8 Å². The van der Waals surface area contributed by atoms with Crippen LogP contribution in [0.2, 0.25) is 0 Å². The molecule has 4 rings (SSSR count). The Bertz CT molecular complexity index is 944. The van der Waals surface area contributed by atoms with Gasteiger partial charge < -0.3 is 9.80 Å². The summed E-state index contributed by atoms with van der Waals surface area (Å²) < 4.78 is 39.5. The van der Waals surface area contributed by atoms with E-state index < -0.39 is 12.1 Å². The van der Waals surface area contributed by atoms with E-state index in [4.69, 9.17) is 4.98 Å². The fourth-order valence-corrected chi connectivity index (χ4v) is 4.62. The Morgan fingerprint density at radius 2 is 2.06 bits per heavy atom. The molecule has 7 nitrogen and oxygen atoms in total. The number of rotatable bonds is 4. The first kappa shape index (κ1) is 22.2. The van der Waals surface area contributed by atoms with Crippen molar-refractivity contribution in [2.75, 3.05) is 40.9 Å². The Hall–Kier alpha value is -3.04. The summed E-state index contributed by atoms with van der Waals surface area (Å²) in [5.74, 6) is -0.0647. The first-order chi connectivity index (χ1) is 15.3. The van der Waals surface area contributed by atoms with Crippen LogP contribution in [0, 0.1) is 5.92 Å². The molecule has 3 aliphatic rings. The molecule has 0 saturated carbocycles. The summed E-state index contributed by atoms with van der Waals surface area (Å²) in [5, 5.41) is 2.81. The van der Waals surface area contributed by atoms with Crippen molar-refractivity contribution in [3.8, 4) is 0 Å². The quantitative estimate of drug-likeness (QED) is 0.557. The Morgan fingerprint density at radius 3 is 2.75 bits per heavy atom. The Morgan fingerprint density at radius 1 is 1.25 bits per heavy atom. The summed E-state index contributed by atoms with van der Waals surface area (Å²) in [6.07, 6.45) is 2.31. The molecule has 2 fully saturated rings. The number of pyridine rings is 1. The minimum Gasteiger partial charge on any atom is -0.366 e. The summed E-state index contributed by atoms with van der Waals surface area (Å²) in [4.78, 5) is 27.6. The van der Waals surface area contributed by atoms with E-state index in [0.717, 1.165) is 25.1 Å². The number of hydrogen-bond donors (Lipinski definition) is 1. The minimum atomic E-state index is -4.22. The van der Waals surface area contributed by atoms with Gasteiger partial charge in [-0.1, -0.05) is 12.7 Å². The Balaban J connectivity index is 1.65. The fourth-order valence-electron chi connectivity index (χ4n) is 4.62. The largest absolute Gasteiger partial charge is 0.393 e. The van der Waals surface area contributed by atoms with E-state index in [2.05, 4.69) is 21.8 Å². The first-order valence-corrected chi connectivity index (χ1v) is 10.8. The van der Waals surface area contributed by atoms with Gasteiger partial charge in [-0.2, -0.15) is 13.2 Å². The highest BCUT2D eigenvalue weighted by Crippen LogP contribution is 2.41. The van der Waals surface area contributed by atoms with Crippen LogP contribution >= 0.6 is 0 Å². The number of nitrogens with one attached hydrogen (secondary N) is 1. The van der Waals surface area contributed by atoms with Gasteiger partial charge in [0.1, 0.15) is 11.6 Å². The highest BCUT2D eigenvalue weighted by Gasteiger charge is 2.44. The maximum absolute atomic E-state index is 13.3. The third-order valence-electron chi connectivity index (χ3n) is 6.14. The number of fused-ring (bicyclic) bond motifs is 4. The van der Waals surface area contributed by atoms with Crippen LogP contribution in [0.15, 0.2) is 41.7 Å². The van der Waals surface area contributed by atoms with E-state index in [1.54, 1.807) is 35.1 Å². The van der Waals surface area contributed by atoms with Gasteiger partial charge in [0, 0.05) is 32.4 Å². The van der Waals surface area contributed by atoms with E-state index in [1.165, 1.54) is 6.08 Å². The number of carbonyl (C=O) groups excluding carboxylic acids is 1. The average molecular weight is 448 g/mol. The van der Waals surface area contributed by atoms with E-state index >= 15 is 0 Å². The first-order valence-electron chi connectivity index (χ1n) is 10.8. The van der Waals surface area contributed by atoms with Crippen molar-refractivity contribution in [2.45, 2.75) is 38.4 Å². The number of halogens is 3. The lowest BCUT2D eigenvalue weighted by Gasteiger charge is -2.46. The standard InChI is InChI=1S/C22H27F3N6O/c1-3-6-18(26-4-2)27-21(32)31-16-7-5-11-29(14-16)17-8-9-19(28-20(17)31)30-12-10-15(13-30)22(23,24)25/h3-4,6,8-9,15-16H,1,5,7,10-14H2,2H3,(H,27,32)/b18-6+,26-4-/t15?,16-/m0/s1. The molecule has 3 aliphatic heterocycles. The average Bonchev–Trinajstić information content (AvgIpc) is 3.25. The monoisotopic (exact) mass is 448 g/mol. The number of aliphatic imine (C=N–C) groups is 1. The number of amides is 2. The minimum absolute atomic E-state index is 0.0476. The van der Waals surface area contributed by atoms with Crippen LogP contribution in [0.1, 0.15) is 26.2 Å². The number of allylic oxidation sites excluding steroid dienone is 2. The fraction of sp³-hybridized carbons (Fsp3) is 0.500. The highest BCUT2D eigenvalue weighted by molar-refractivity contribution is 5.97. The molecule has 0 aliphatic carbocycles.